The Bertz CT molecular complexity index is 768. The van der Waals surface area contributed by atoms with Crippen molar-refractivity contribution in [3.63, 3.8) is 0 Å². The van der Waals surface area contributed by atoms with E-state index in [9.17, 15) is 4.79 Å². The summed E-state index contributed by atoms with van der Waals surface area (Å²) in [6, 6.07) is 14.1. The van der Waals surface area contributed by atoms with Crippen molar-refractivity contribution >= 4 is 33.6 Å². The molecule has 0 radical (unpaired) electrons. The summed E-state index contributed by atoms with van der Waals surface area (Å²) in [5.41, 5.74) is 2.27. The Morgan fingerprint density at radius 1 is 1.16 bits per heavy atom. The van der Waals surface area contributed by atoms with Crippen LogP contribution >= 0.6 is 27.7 Å². The Hall–Kier alpha value is -1.66. The molecule has 1 saturated heterocycles. The minimum atomic E-state index is 0.0742. The molecule has 1 amide bonds. The zero-order valence-electron chi connectivity index (χ0n) is 14.2. The van der Waals surface area contributed by atoms with Crippen LogP contribution in [0.1, 0.15) is 16.5 Å². The summed E-state index contributed by atoms with van der Waals surface area (Å²) in [5, 5.41) is 0.0742. The van der Waals surface area contributed by atoms with E-state index in [2.05, 4.69) is 28.1 Å². The lowest BCUT2D eigenvalue weighted by Crippen LogP contribution is -2.30. The average molecular weight is 422 g/mol. The van der Waals surface area contributed by atoms with E-state index in [0.717, 1.165) is 22.0 Å². The highest BCUT2D eigenvalue weighted by Crippen LogP contribution is 2.39. The van der Waals surface area contributed by atoms with Gasteiger partial charge in [-0.2, -0.15) is 0 Å². The van der Waals surface area contributed by atoms with Gasteiger partial charge in [0.1, 0.15) is 5.37 Å². The molecule has 1 fully saturated rings. The van der Waals surface area contributed by atoms with E-state index in [1.165, 1.54) is 0 Å². The van der Waals surface area contributed by atoms with E-state index >= 15 is 0 Å². The molecule has 2 aromatic rings. The van der Waals surface area contributed by atoms with Gasteiger partial charge in [-0.25, -0.2) is 0 Å². The fourth-order valence-corrected chi connectivity index (χ4v) is 4.54. The molecule has 25 heavy (non-hydrogen) atoms. The second kappa shape index (κ2) is 8.15. The number of halogens is 1. The van der Waals surface area contributed by atoms with Gasteiger partial charge in [0.05, 0.1) is 20.0 Å². The van der Waals surface area contributed by atoms with Gasteiger partial charge >= 0.3 is 0 Å². The van der Waals surface area contributed by atoms with E-state index in [-0.39, 0.29) is 11.3 Å². The van der Waals surface area contributed by atoms with Crippen LogP contribution in [-0.4, -0.2) is 37.3 Å². The number of amides is 1. The molecule has 0 spiro atoms. The number of hydrogen-bond acceptors (Lipinski definition) is 4. The van der Waals surface area contributed by atoms with Crippen LogP contribution in [-0.2, 0) is 11.2 Å². The molecule has 0 bridgehead atoms. The maximum Gasteiger partial charge on any atom is 0.233 e. The molecule has 0 N–H and O–H groups in total. The first kappa shape index (κ1) is 18.1. The fourth-order valence-electron chi connectivity index (χ4n) is 2.92. The number of methoxy groups -OCH3 is 2. The van der Waals surface area contributed by atoms with Crippen LogP contribution in [0.15, 0.2) is 46.9 Å². The SMILES string of the molecule is COc1ccc(CCN2C(=O)CS[C@H]2c2cccc(Br)c2)cc1OC. The van der Waals surface area contributed by atoms with Crippen molar-refractivity contribution in [2.45, 2.75) is 11.8 Å². The van der Waals surface area contributed by atoms with Crippen molar-refractivity contribution in [2.75, 3.05) is 26.5 Å². The smallest absolute Gasteiger partial charge is 0.233 e. The minimum absolute atomic E-state index is 0.0742. The van der Waals surface area contributed by atoms with Gasteiger partial charge in [0.15, 0.2) is 11.5 Å². The van der Waals surface area contributed by atoms with Crippen LogP contribution in [0.3, 0.4) is 0 Å². The molecular formula is C19H20BrNO3S. The molecule has 132 valence electrons. The Labute approximate surface area is 160 Å². The summed E-state index contributed by atoms with van der Waals surface area (Å²) >= 11 is 5.19. The first-order valence-corrected chi connectivity index (χ1v) is 9.84. The summed E-state index contributed by atoms with van der Waals surface area (Å²) < 4.78 is 11.7. The molecule has 0 saturated carbocycles. The van der Waals surface area contributed by atoms with Gasteiger partial charge in [-0.1, -0.05) is 34.1 Å². The third kappa shape index (κ3) is 4.12. The molecule has 0 unspecified atom stereocenters. The molecule has 1 atom stereocenters. The summed E-state index contributed by atoms with van der Waals surface area (Å²) in [7, 11) is 3.26. The molecule has 0 aromatic heterocycles. The number of ether oxygens (including phenoxy) is 2. The molecular weight excluding hydrogens is 402 g/mol. The molecule has 3 rings (SSSR count). The van der Waals surface area contributed by atoms with Gasteiger partial charge in [-0.05, 0) is 41.8 Å². The number of carbonyl (C=O) groups excluding carboxylic acids is 1. The first-order valence-electron chi connectivity index (χ1n) is 8.00. The zero-order valence-corrected chi connectivity index (χ0v) is 16.6. The molecule has 1 aliphatic heterocycles. The number of benzene rings is 2. The molecule has 6 heteroatoms. The van der Waals surface area contributed by atoms with Crippen molar-refractivity contribution in [2.24, 2.45) is 0 Å². The van der Waals surface area contributed by atoms with Crippen molar-refractivity contribution < 1.29 is 14.3 Å². The van der Waals surface area contributed by atoms with Crippen LogP contribution in [0.2, 0.25) is 0 Å². The molecule has 1 aliphatic rings. The maximum atomic E-state index is 12.3. The van der Waals surface area contributed by atoms with Crippen LogP contribution in [0, 0.1) is 0 Å². The monoisotopic (exact) mass is 421 g/mol. The summed E-state index contributed by atoms with van der Waals surface area (Å²) in [5.74, 6) is 2.15. The lowest BCUT2D eigenvalue weighted by Gasteiger charge is -2.24. The second-order valence-electron chi connectivity index (χ2n) is 5.74. The van der Waals surface area contributed by atoms with E-state index in [4.69, 9.17) is 9.47 Å². The normalized spacial score (nSPS) is 17.0. The van der Waals surface area contributed by atoms with Crippen molar-refractivity contribution in [1.82, 2.24) is 4.90 Å². The lowest BCUT2D eigenvalue weighted by atomic mass is 10.1. The third-order valence-corrected chi connectivity index (χ3v) is 5.94. The molecule has 1 heterocycles. The predicted octanol–water partition coefficient (Wildman–Crippen LogP) is 4.28. The molecule has 4 nitrogen and oxygen atoms in total. The van der Waals surface area contributed by atoms with Crippen LogP contribution in [0.25, 0.3) is 0 Å². The number of nitrogens with zero attached hydrogens (tertiary/aromatic N) is 1. The van der Waals surface area contributed by atoms with Gasteiger partial charge in [0.25, 0.3) is 0 Å². The first-order chi connectivity index (χ1) is 12.1. The second-order valence-corrected chi connectivity index (χ2v) is 7.73. The molecule has 2 aromatic carbocycles. The van der Waals surface area contributed by atoms with Gasteiger partial charge in [-0.3, -0.25) is 4.79 Å². The van der Waals surface area contributed by atoms with Gasteiger partial charge in [0.2, 0.25) is 5.91 Å². The van der Waals surface area contributed by atoms with Crippen LogP contribution in [0.5, 0.6) is 11.5 Å². The Kier molecular flexibility index (Phi) is 5.91. The Morgan fingerprint density at radius 3 is 2.68 bits per heavy atom. The number of thioether (sulfide) groups is 1. The lowest BCUT2D eigenvalue weighted by molar-refractivity contribution is -0.128. The van der Waals surface area contributed by atoms with Crippen LogP contribution in [0.4, 0.5) is 0 Å². The topological polar surface area (TPSA) is 38.8 Å². The van der Waals surface area contributed by atoms with E-state index < -0.39 is 0 Å². The van der Waals surface area contributed by atoms with Gasteiger partial charge in [-0.15, -0.1) is 11.8 Å². The van der Waals surface area contributed by atoms with Gasteiger partial charge < -0.3 is 14.4 Å². The molecule has 0 aliphatic carbocycles. The summed E-state index contributed by atoms with van der Waals surface area (Å²) in [6.07, 6.45) is 0.775. The Balaban J connectivity index is 1.73. The highest BCUT2D eigenvalue weighted by atomic mass is 79.9. The zero-order chi connectivity index (χ0) is 17.8. The van der Waals surface area contributed by atoms with Crippen LogP contribution < -0.4 is 9.47 Å². The van der Waals surface area contributed by atoms with Crippen molar-refractivity contribution in [1.29, 1.82) is 0 Å². The maximum absolute atomic E-state index is 12.3. The van der Waals surface area contributed by atoms with Crippen molar-refractivity contribution in [3.8, 4) is 11.5 Å². The number of hydrogen-bond donors (Lipinski definition) is 0. The third-order valence-electron chi connectivity index (χ3n) is 4.19. The largest absolute Gasteiger partial charge is 0.493 e. The standard InChI is InChI=1S/C19H20BrNO3S/c1-23-16-7-6-13(10-17(16)24-2)8-9-21-18(22)12-25-19(21)14-4-3-5-15(20)11-14/h3-7,10-11,19H,8-9,12H2,1-2H3/t19-/m0/s1. The predicted molar refractivity (Wildman–Crippen MR) is 104 cm³/mol. The Morgan fingerprint density at radius 2 is 1.96 bits per heavy atom. The quantitative estimate of drug-likeness (QED) is 0.697. The highest BCUT2D eigenvalue weighted by molar-refractivity contribution is 9.10. The highest BCUT2D eigenvalue weighted by Gasteiger charge is 2.32. The number of carbonyl (C=O) groups is 1. The summed E-state index contributed by atoms with van der Waals surface area (Å²) in [6.45, 7) is 0.679. The number of rotatable bonds is 6. The van der Waals surface area contributed by atoms with E-state index in [0.29, 0.717) is 23.8 Å². The van der Waals surface area contributed by atoms with Gasteiger partial charge in [0, 0.05) is 11.0 Å². The van der Waals surface area contributed by atoms with Crippen molar-refractivity contribution in [3.05, 3.63) is 58.1 Å². The average Bonchev–Trinajstić information content (AvgIpc) is 3.00. The fraction of sp³-hybridized carbons (Fsp3) is 0.316. The van der Waals surface area contributed by atoms with E-state index in [1.807, 2.05) is 35.2 Å². The minimum Gasteiger partial charge on any atom is -0.493 e. The van der Waals surface area contributed by atoms with E-state index in [1.54, 1.807) is 26.0 Å². The summed E-state index contributed by atoms with van der Waals surface area (Å²) in [4.78, 5) is 14.3.